The number of carbonyl (C=O) groups excluding carboxylic acids is 2. The van der Waals surface area contributed by atoms with E-state index >= 15 is 0 Å². The number of ether oxygens (including phenoxy) is 1. The summed E-state index contributed by atoms with van der Waals surface area (Å²) in [6, 6.07) is 15.9. The molecule has 0 radical (unpaired) electrons. The summed E-state index contributed by atoms with van der Waals surface area (Å²) < 4.78 is 5.13. The SMILES string of the molecule is COCCCc1cccc(C(=O)N2CCc3cc(C(=O)NC4CC4)sc3-c3ccccc32)n1. The third-order valence-corrected chi connectivity index (χ3v) is 7.25. The highest BCUT2D eigenvalue weighted by Crippen LogP contribution is 2.41. The van der Waals surface area contributed by atoms with Crippen molar-refractivity contribution in [1.29, 1.82) is 0 Å². The van der Waals surface area contributed by atoms with Gasteiger partial charge in [-0.15, -0.1) is 11.3 Å². The first kappa shape index (κ1) is 21.8. The molecule has 170 valence electrons. The molecule has 2 amide bonds. The zero-order chi connectivity index (χ0) is 22.8. The summed E-state index contributed by atoms with van der Waals surface area (Å²) in [6.07, 6.45) is 4.46. The lowest BCUT2D eigenvalue weighted by Gasteiger charge is -2.23. The van der Waals surface area contributed by atoms with E-state index in [4.69, 9.17) is 4.74 Å². The van der Waals surface area contributed by atoms with Crippen LogP contribution in [-0.2, 0) is 17.6 Å². The van der Waals surface area contributed by atoms with Crippen molar-refractivity contribution in [3.8, 4) is 10.4 Å². The fourth-order valence-corrected chi connectivity index (χ4v) is 5.32. The number of nitrogens with zero attached hydrogens (tertiary/aromatic N) is 2. The van der Waals surface area contributed by atoms with E-state index in [0.717, 1.165) is 57.9 Å². The minimum atomic E-state index is -0.0992. The van der Waals surface area contributed by atoms with Crippen molar-refractivity contribution in [3.05, 3.63) is 70.4 Å². The van der Waals surface area contributed by atoms with Crippen molar-refractivity contribution in [1.82, 2.24) is 10.3 Å². The third kappa shape index (κ3) is 4.70. The monoisotopic (exact) mass is 461 g/mol. The number of rotatable bonds is 7. The highest BCUT2D eigenvalue weighted by Gasteiger charge is 2.29. The summed E-state index contributed by atoms with van der Waals surface area (Å²) in [5.41, 5.74) is 4.32. The van der Waals surface area contributed by atoms with Gasteiger partial charge in [-0.3, -0.25) is 9.59 Å². The second-order valence-electron chi connectivity index (χ2n) is 8.55. The summed E-state index contributed by atoms with van der Waals surface area (Å²) in [6.45, 7) is 1.21. The van der Waals surface area contributed by atoms with Gasteiger partial charge in [0.15, 0.2) is 0 Å². The van der Waals surface area contributed by atoms with Crippen LogP contribution in [0.2, 0.25) is 0 Å². The largest absolute Gasteiger partial charge is 0.385 e. The van der Waals surface area contributed by atoms with Crippen LogP contribution in [0.25, 0.3) is 10.4 Å². The summed E-state index contributed by atoms with van der Waals surface area (Å²) in [7, 11) is 1.69. The number of fused-ring (bicyclic) bond motifs is 3. The predicted molar refractivity (Wildman–Crippen MR) is 130 cm³/mol. The van der Waals surface area contributed by atoms with E-state index in [9.17, 15) is 9.59 Å². The third-order valence-electron chi connectivity index (χ3n) is 6.04. The Bertz CT molecular complexity index is 1190. The molecule has 0 unspecified atom stereocenters. The molecule has 0 saturated heterocycles. The van der Waals surface area contributed by atoms with Gasteiger partial charge in [0, 0.05) is 42.4 Å². The zero-order valence-corrected chi connectivity index (χ0v) is 19.5. The number of anilines is 1. The Hall–Kier alpha value is -3.03. The highest BCUT2D eigenvalue weighted by molar-refractivity contribution is 7.17. The van der Waals surface area contributed by atoms with Crippen molar-refractivity contribution in [2.75, 3.05) is 25.2 Å². The average molecular weight is 462 g/mol. The van der Waals surface area contributed by atoms with Crippen molar-refractivity contribution in [2.45, 2.75) is 38.1 Å². The number of hydrogen-bond acceptors (Lipinski definition) is 5. The van der Waals surface area contributed by atoms with E-state index in [1.807, 2.05) is 47.4 Å². The minimum absolute atomic E-state index is 0.00970. The molecule has 6 nitrogen and oxygen atoms in total. The van der Waals surface area contributed by atoms with Gasteiger partial charge in [-0.1, -0.05) is 24.3 Å². The van der Waals surface area contributed by atoms with Crippen LogP contribution in [0.15, 0.2) is 48.5 Å². The van der Waals surface area contributed by atoms with E-state index in [-0.39, 0.29) is 11.8 Å². The van der Waals surface area contributed by atoms with Crippen LogP contribution in [-0.4, -0.2) is 43.1 Å². The van der Waals surface area contributed by atoms with Gasteiger partial charge < -0.3 is 15.0 Å². The maximum atomic E-state index is 13.6. The standard InChI is InChI=1S/C26H27N3O3S/c1-32-15-5-7-18-6-4-9-21(27-18)26(31)29-14-13-17-16-23(25(30)28-19-11-12-19)33-24(17)20-8-2-3-10-22(20)29/h2-4,6,8-10,16,19H,5,7,11-15H2,1H3,(H,28,30). The van der Waals surface area contributed by atoms with Crippen LogP contribution in [0.3, 0.4) is 0 Å². The van der Waals surface area contributed by atoms with Crippen LogP contribution in [0.1, 0.15) is 50.7 Å². The number of methoxy groups -OCH3 is 1. The molecule has 2 aromatic heterocycles. The Morgan fingerprint density at radius 2 is 2.03 bits per heavy atom. The fourth-order valence-electron chi connectivity index (χ4n) is 4.18. The first-order valence-electron chi connectivity index (χ1n) is 11.4. The maximum Gasteiger partial charge on any atom is 0.276 e. The molecule has 1 aliphatic heterocycles. The molecule has 2 aliphatic rings. The van der Waals surface area contributed by atoms with Gasteiger partial charge in [-0.25, -0.2) is 4.98 Å². The van der Waals surface area contributed by atoms with Gasteiger partial charge in [0.1, 0.15) is 5.69 Å². The molecule has 1 aromatic carbocycles. The van der Waals surface area contributed by atoms with Gasteiger partial charge in [-0.2, -0.15) is 0 Å². The summed E-state index contributed by atoms with van der Waals surface area (Å²) in [4.78, 5) is 34.4. The molecule has 3 heterocycles. The van der Waals surface area contributed by atoms with Gasteiger partial charge >= 0.3 is 0 Å². The Balaban J connectivity index is 1.43. The van der Waals surface area contributed by atoms with Crippen LogP contribution < -0.4 is 10.2 Å². The quantitative estimate of drug-likeness (QED) is 0.527. The Morgan fingerprint density at radius 1 is 1.18 bits per heavy atom. The van der Waals surface area contributed by atoms with Gasteiger partial charge in [0.2, 0.25) is 0 Å². The number of para-hydroxylation sites is 1. The van der Waals surface area contributed by atoms with E-state index in [1.165, 1.54) is 11.3 Å². The van der Waals surface area contributed by atoms with Gasteiger partial charge in [0.05, 0.1) is 10.6 Å². The molecular weight excluding hydrogens is 434 g/mol. The molecule has 0 spiro atoms. The second-order valence-corrected chi connectivity index (χ2v) is 9.60. The lowest BCUT2D eigenvalue weighted by Crippen LogP contribution is -2.33. The average Bonchev–Trinajstić information content (AvgIpc) is 3.58. The minimum Gasteiger partial charge on any atom is -0.385 e. The van der Waals surface area contributed by atoms with Gasteiger partial charge in [-0.05, 0) is 61.9 Å². The molecule has 0 atom stereocenters. The van der Waals surface area contributed by atoms with Crippen molar-refractivity contribution in [3.63, 3.8) is 0 Å². The molecule has 0 bridgehead atoms. The smallest absolute Gasteiger partial charge is 0.276 e. The lowest BCUT2D eigenvalue weighted by atomic mass is 10.1. The number of nitrogens with one attached hydrogen (secondary N) is 1. The first-order chi connectivity index (χ1) is 16.1. The Morgan fingerprint density at radius 3 is 2.85 bits per heavy atom. The summed E-state index contributed by atoms with van der Waals surface area (Å²) in [5.74, 6) is -0.0895. The number of benzene rings is 1. The van der Waals surface area contributed by atoms with E-state index < -0.39 is 0 Å². The molecule has 3 aromatic rings. The number of pyridine rings is 1. The van der Waals surface area contributed by atoms with Gasteiger partial charge in [0.25, 0.3) is 11.8 Å². The van der Waals surface area contributed by atoms with Crippen molar-refractivity contribution < 1.29 is 14.3 Å². The number of amides is 2. The normalized spacial score (nSPS) is 14.9. The fraction of sp³-hybridized carbons (Fsp3) is 0.346. The number of hydrogen-bond donors (Lipinski definition) is 1. The van der Waals surface area contributed by atoms with Crippen molar-refractivity contribution >= 4 is 28.8 Å². The molecule has 5 rings (SSSR count). The van der Waals surface area contributed by atoms with Crippen LogP contribution in [0.5, 0.6) is 0 Å². The van der Waals surface area contributed by atoms with E-state index in [2.05, 4.69) is 10.3 Å². The molecule has 1 N–H and O–H groups in total. The summed E-state index contributed by atoms with van der Waals surface area (Å²) in [5, 5.41) is 3.08. The molecule has 7 heteroatoms. The molecule has 1 saturated carbocycles. The Labute approximate surface area is 197 Å². The van der Waals surface area contributed by atoms with Crippen LogP contribution in [0.4, 0.5) is 5.69 Å². The number of aromatic nitrogens is 1. The van der Waals surface area contributed by atoms with E-state index in [1.54, 1.807) is 13.2 Å². The molecule has 1 aliphatic carbocycles. The zero-order valence-electron chi connectivity index (χ0n) is 18.7. The second kappa shape index (κ2) is 9.45. The number of carbonyl (C=O) groups is 2. The highest BCUT2D eigenvalue weighted by atomic mass is 32.1. The predicted octanol–water partition coefficient (Wildman–Crippen LogP) is 4.48. The lowest BCUT2D eigenvalue weighted by molar-refractivity contribution is 0.0952. The number of aryl methyl sites for hydroxylation is 1. The topological polar surface area (TPSA) is 71.5 Å². The molecular formula is C26H27N3O3S. The molecule has 33 heavy (non-hydrogen) atoms. The summed E-state index contributed by atoms with van der Waals surface area (Å²) >= 11 is 1.51. The Kier molecular flexibility index (Phi) is 6.24. The molecule has 1 fully saturated rings. The van der Waals surface area contributed by atoms with Crippen molar-refractivity contribution in [2.24, 2.45) is 0 Å². The number of thiophene rings is 1. The van der Waals surface area contributed by atoms with Crippen LogP contribution in [0, 0.1) is 0 Å². The first-order valence-corrected chi connectivity index (χ1v) is 12.3. The van der Waals surface area contributed by atoms with E-state index in [0.29, 0.717) is 31.3 Å². The maximum absolute atomic E-state index is 13.6. The van der Waals surface area contributed by atoms with Crippen LogP contribution >= 0.6 is 11.3 Å².